The van der Waals surface area contributed by atoms with Gasteiger partial charge in [0.05, 0.1) is 0 Å². The van der Waals surface area contributed by atoms with Crippen LogP contribution in [0.5, 0.6) is 0 Å². The topological polar surface area (TPSA) is 86.7 Å². The second kappa shape index (κ2) is 8.44. The number of rotatable bonds is 10. The van der Waals surface area contributed by atoms with Crippen LogP contribution in [-0.2, 0) is 15.0 Å². The van der Waals surface area contributed by atoms with Gasteiger partial charge >= 0.3 is 5.97 Å². The molecular weight excluding hydrogens is 256 g/mol. The Kier molecular flexibility index (Phi) is 8.13. The largest absolute Gasteiger partial charge is 0.480 e. The van der Waals surface area contributed by atoms with E-state index in [0.29, 0.717) is 19.4 Å². The van der Waals surface area contributed by atoms with Gasteiger partial charge in [0.2, 0.25) is 0 Å². The number of nitrogens with zero attached hydrogens (tertiary/aromatic N) is 1. The van der Waals surface area contributed by atoms with Crippen LogP contribution in [-0.4, -0.2) is 43.4 Å². The minimum Gasteiger partial charge on any atom is -0.480 e. The van der Waals surface area contributed by atoms with Crippen LogP contribution in [0, 0.1) is 0 Å². The SMILES string of the molecule is CCCC[C@H](NS(=O)(=O)N(C)CCCC)C(=O)O. The van der Waals surface area contributed by atoms with Gasteiger partial charge in [-0.3, -0.25) is 4.79 Å². The van der Waals surface area contributed by atoms with E-state index in [4.69, 9.17) is 5.11 Å². The molecule has 0 heterocycles. The van der Waals surface area contributed by atoms with Crippen molar-refractivity contribution < 1.29 is 18.3 Å². The molecule has 0 rings (SSSR count). The van der Waals surface area contributed by atoms with E-state index in [1.807, 2.05) is 13.8 Å². The molecule has 0 radical (unpaired) electrons. The molecule has 0 aliphatic carbocycles. The fraction of sp³-hybridized carbons (Fsp3) is 0.909. The monoisotopic (exact) mass is 280 g/mol. The Morgan fingerprint density at radius 3 is 2.28 bits per heavy atom. The maximum absolute atomic E-state index is 11.9. The van der Waals surface area contributed by atoms with Gasteiger partial charge < -0.3 is 5.11 Å². The molecule has 0 saturated heterocycles. The molecule has 0 amide bonds. The number of carboxylic acid groups (broad SMARTS) is 1. The Morgan fingerprint density at radius 1 is 1.28 bits per heavy atom. The minimum absolute atomic E-state index is 0.312. The van der Waals surface area contributed by atoms with Crippen molar-refractivity contribution >= 4 is 16.2 Å². The minimum atomic E-state index is -3.70. The van der Waals surface area contributed by atoms with E-state index in [1.54, 1.807) is 0 Å². The Bertz CT molecular complexity index is 343. The Hall–Kier alpha value is -0.660. The number of hydrogen-bond acceptors (Lipinski definition) is 3. The maximum atomic E-state index is 11.9. The zero-order valence-electron chi connectivity index (χ0n) is 11.3. The van der Waals surface area contributed by atoms with Gasteiger partial charge in [0.25, 0.3) is 10.2 Å². The van der Waals surface area contributed by atoms with Gasteiger partial charge in [0, 0.05) is 13.6 Å². The van der Waals surface area contributed by atoms with Crippen LogP contribution in [0.1, 0.15) is 46.0 Å². The standard InChI is InChI=1S/C11H24N2O4S/c1-4-6-8-10(11(14)15)12-18(16,17)13(3)9-7-5-2/h10,12H,4-9H2,1-3H3,(H,14,15)/t10-/m0/s1. The number of nitrogens with one attached hydrogen (secondary N) is 1. The van der Waals surface area contributed by atoms with Crippen LogP contribution in [0.15, 0.2) is 0 Å². The average molecular weight is 280 g/mol. The summed E-state index contributed by atoms with van der Waals surface area (Å²) < 4.78 is 27.1. The van der Waals surface area contributed by atoms with Gasteiger partial charge in [-0.2, -0.15) is 17.4 Å². The molecule has 2 N–H and O–H groups in total. The Balaban J connectivity index is 4.54. The van der Waals surface area contributed by atoms with Crippen LogP contribution < -0.4 is 4.72 Å². The first-order valence-electron chi connectivity index (χ1n) is 6.31. The van der Waals surface area contributed by atoms with Crippen LogP contribution in [0.3, 0.4) is 0 Å². The van der Waals surface area contributed by atoms with E-state index in [0.717, 1.165) is 19.3 Å². The molecule has 0 aliphatic rings. The number of hydrogen-bond donors (Lipinski definition) is 2. The van der Waals surface area contributed by atoms with Crippen molar-refractivity contribution in [2.24, 2.45) is 0 Å². The molecule has 6 nitrogen and oxygen atoms in total. The highest BCUT2D eigenvalue weighted by molar-refractivity contribution is 7.87. The summed E-state index contributed by atoms with van der Waals surface area (Å²) in [5, 5.41) is 8.98. The van der Waals surface area contributed by atoms with Crippen molar-refractivity contribution in [1.82, 2.24) is 9.03 Å². The highest BCUT2D eigenvalue weighted by Gasteiger charge is 2.26. The summed E-state index contributed by atoms with van der Waals surface area (Å²) >= 11 is 0. The summed E-state index contributed by atoms with van der Waals surface area (Å²) in [5.74, 6) is -1.13. The second-order valence-corrected chi connectivity index (χ2v) is 6.14. The quantitative estimate of drug-likeness (QED) is 0.629. The third kappa shape index (κ3) is 6.32. The van der Waals surface area contributed by atoms with Gasteiger partial charge in [-0.15, -0.1) is 0 Å². The van der Waals surface area contributed by atoms with Gasteiger partial charge in [0.15, 0.2) is 0 Å². The molecule has 0 bridgehead atoms. The number of carboxylic acids is 1. The summed E-state index contributed by atoms with van der Waals surface area (Å²) in [4.78, 5) is 11.0. The molecule has 0 saturated carbocycles. The van der Waals surface area contributed by atoms with Crippen LogP contribution in [0.25, 0.3) is 0 Å². The lowest BCUT2D eigenvalue weighted by atomic mass is 10.1. The van der Waals surface area contributed by atoms with Crippen LogP contribution in [0.4, 0.5) is 0 Å². The van der Waals surface area contributed by atoms with E-state index in [-0.39, 0.29) is 0 Å². The maximum Gasteiger partial charge on any atom is 0.321 e. The lowest BCUT2D eigenvalue weighted by Gasteiger charge is -2.20. The molecule has 0 aromatic carbocycles. The molecule has 7 heteroatoms. The predicted octanol–water partition coefficient (Wildman–Crippen LogP) is 1.20. The van der Waals surface area contributed by atoms with E-state index >= 15 is 0 Å². The first-order valence-corrected chi connectivity index (χ1v) is 7.75. The first kappa shape index (κ1) is 17.3. The fourth-order valence-corrected chi connectivity index (χ4v) is 2.54. The van der Waals surface area contributed by atoms with E-state index in [1.165, 1.54) is 11.4 Å². The normalized spacial score (nSPS) is 13.8. The van der Waals surface area contributed by atoms with Crippen molar-refractivity contribution in [2.75, 3.05) is 13.6 Å². The highest BCUT2D eigenvalue weighted by atomic mass is 32.2. The summed E-state index contributed by atoms with van der Waals surface area (Å²) in [6, 6.07) is -1.04. The molecule has 108 valence electrons. The highest BCUT2D eigenvalue weighted by Crippen LogP contribution is 2.05. The number of carbonyl (C=O) groups is 1. The molecule has 0 aromatic rings. The lowest BCUT2D eigenvalue weighted by Crippen LogP contribution is -2.47. The van der Waals surface area contributed by atoms with Crippen LogP contribution in [0.2, 0.25) is 0 Å². The first-order chi connectivity index (χ1) is 8.35. The van der Waals surface area contributed by atoms with Gasteiger partial charge in [-0.25, -0.2) is 0 Å². The van der Waals surface area contributed by atoms with Gasteiger partial charge in [0.1, 0.15) is 6.04 Å². The summed E-state index contributed by atoms with van der Waals surface area (Å²) in [7, 11) is -2.25. The summed E-state index contributed by atoms with van der Waals surface area (Å²) in [6.45, 7) is 4.29. The van der Waals surface area contributed by atoms with Gasteiger partial charge in [-0.05, 0) is 12.8 Å². The summed E-state index contributed by atoms with van der Waals surface area (Å²) in [5.41, 5.74) is 0. The molecule has 0 aromatic heterocycles. The molecule has 0 unspecified atom stereocenters. The third-order valence-corrected chi connectivity index (χ3v) is 4.26. The average Bonchev–Trinajstić information content (AvgIpc) is 2.30. The van der Waals surface area contributed by atoms with Crippen molar-refractivity contribution in [3.05, 3.63) is 0 Å². The lowest BCUT2D eigenvalue weighted by molar-refractivity contribution is -0.139. The van der Waals surface area contributed by atoms with Crippen molar-refractivity contribution in [3.8, 4) is 0 Å². The molecule has 0 aliphatic heterocycles. The van der Waals surface area contributed by atoms with Crippen LogP contribution >= 0.6 is 0 Å². The van der Waals surface area contributed by atoms with E-state index in [2.05, 4.69) is 4.72 Å². The third-order valence-electron chi connectivity index (χ3n) is 2.67. The predicted molar refractivity (Wildman–Crippen MR) is 70.5 cm³/mol. The smallest absolute Gasteiger partial charge is 0.321 e. The van der Waals surface area contributed by atoms with Crippen molar-refractivity contribution in [1.29, 1.82) is 0 Å². The van der Waals surface area contributed by atoms with E-state index in [9.17, 15) is 13.2 Å². The molecular formula is C11H24N2O4S. The van der Waals surface area contributed by atoms with E-state index < -0.39 is 22.2 Å². The number of aliphatic carboxylic acids is 1. The summed E-state index contributed by atoms with van der Waals surface area (Å²) in [6.07, 6.45) is 3.46. The zero-order chi connectivity index (χ0) is 14.2. The molecule has 18 heavy (non-hydrogen) atoms. The fourth-order valence-electron chi connectivity index (χ4n) is 1.41. The Morgan fingerprint density at radius 2 is 1.83 bits per heavy atom. The zero-order valence-corrected chi connectivity index (χ0v) is 12.2. The second-order valence-electron chi connectivity index (χ2n) is 4.33. The Labute approximate surface area is 110 Å². The molecule has 0 fully saturated rings. The number of unbranched alkanes of at least 4 members (excludes halogenated alkanes) is 2. The molecule has 0 spiro atoms. The van der Waals surface area contributed by atoms with Gasteiger partial charge in [-0.1, -0.05) is 33.1 Å². The van der Waals surface area contributed by atoms with Crippen molar-refractivity contribution in [2.45, 2.75) is 52.0 Å². The van der Waals surface area contributed by atoms with Crippen molar-refractivity contribution in [3.63, 3.8) is 0 Å². The molecule has 1 atom stereocenters.